The number of aromatic nitrogens is 6. The third-order valence-electron chi connectivity index (χ3n) is 5.59. The predicted octanol–water partition coefficient (Wildman–Crippen LogP) is 5.00. The van der Waals surface area contributed by atoms with E-state index >= 15 is 0 Å². The molecule has 1 atom stereocenters. The van der Waals surface area contributed by atoms with Gasteiger partial charge in [0.25, 0.3) is 0 Å². The van der Waals surface area contributed by atoms with Gasteiger partial charge in [0.15, 0.2) is 0 Å². The Morgan fingerprint density at radius 2 is 1.91 bits per heavy atom. The molecule has 4 aromatic heterocycles. The number of rotatable bonds is 6. The first-order valence-corrected chi connectivity index (χ1v) is 10.6. The van der Waals surface area contributed by atoms with E-state index in [4.69, 9.17) is 4.98 Å². The van der Waals surface area contributed by atoms with Crippen molar-refractivity contribution < 1.29 is 0 Å². The van der Waals surface area contributed by atoms with Gasteiger partial charge in [-0.3, -0.25) is 15.1 Å². The largest absolute Gasteiger partial charge is 0.369 e. The average Bonchev–Trinajstić information content (AvgIpc) is 3.37. The van der Waals surface area contributed by atoms with E-state index in [-0.39, 0.29) is 5.92 Å². The molecule has 0 saturated heterocycles. The molecule has 0 amide bonds. The standard InChI is InChI=1S/C25H23N7/c1-16(13-28-24-12-23(29-15-30-24)18-7-6-17(2)27-14-18)19-4-3-5-21-20(8-10-26-25(19)21)22-9-11-31-32-22/h3-12,14-16H,13H2,1-2H3,(H,31,32)(H,28,29,30)/t16-/m1/s1. The van der Waals surface area contributed by atoms with Gasteiger partial charge in [-0.2, -0.15) is 5.10 Å². The molecule has 32 heavy (non-hydrogen) atoms. The van der Waals surface area contributed by atoms with Gasteiger partial charge in [0.05, 0.1) is 16.9 Å². The van der Waals surface area contributed by atoms with Gasteiger partial charge in [-0.05, 0) is 36.8 Å². The molecule has 5 rings (SSSR count). The minimum absolute atomic E-state index is 0.225. The number of hydrogen-bond donors (Lipinski definition) is 2. The summed E-state index contributed by atoms with van der Waals surface area (Å²) in [5.74, 6) is 1.01. The molecule has 4 heterocycles. The van der Waals surface area contributed by atoms with E-state index in [0.29, 0.717) is 0 Å². The summed E-state index contributed by atoms with van der Waals surface area (Å²) in [5, 5.41) is 11.7. The molecular weight excluding hydrogens is 398 g/mol. The molecule has 0 spiro atoms. The Balaban J connectivity index is 1.38. The highest BCUT2D eigenvalue weighted by molar-refractivity contribution is 5.95. The van der Waals surface area contributed by atoms with E-state index in [9.17, 15) is 0 Å². The lowest BCUT2D eigenvalue weighted by molar-refractivity contribution is 0.806. The molecule has 5 aromatic rings. The first-order valence-electron chi connectivity index (χ1n) is 10.6. The molecule has 1 aromatic carbocycles. The first-order chi connectivity index (χ1) is 15.7. The molecule has 0 aliphatic heterocycles. The average molecular weight is 422 g/mol. The fourth-order valence-corrected chi connectivity index (χ4v) is 3.84. The number of hydrogen-bond acceptors (Lipinski definition) is 6. The van der Waals surface area contributed by atoms with Gasteiger partial charge in [-0.15, -0.1) is 0 Å². The van der Waals surface area contributed by atoms with Crippen molar-refractivity contribution in [2.45, 2.75) is 19.8 Å². The van der Waals surface area contributed by atoms with Crippen LogP contribution in [0.3, 0.4) is 0 Å². The van der Waals surface area contributed by atoms with Crippen molar-refractivity contribution in [3.05, 3.63) is 84.7 Å². The van der Waals surface area contributed by atoms with E-state index in [2.05, 4.69) is 55.6 Å². The molecular formula is C25H23N7. The van der Waals surface area contributed by atoms with E-state index in [1.807, 2.05) is 49.6 Å². The molecule has 0 aliphatic rings. The van der Waals surface area contributed by atoms with Gasteiger partial charge in [0.2, 0.25) is 0 Å². The van der Waals surface area contributed by atoms with Crippen molar-refractivity contribution in [1.29, 1.82) is 0 Å². The second-order valence-corrected chi connectivity index (χ2v) is 7.83. The summed E-state index contributed by atoms with van der Waals surface area (Å²) in [7, 11) is 0. The van der Waals surface area contributed by atoms with Crippen LogP contribution >= 0.6 is 0 Å². The number of H-pyrrole nitrogens is 1. The van der Waals surface area contributed by atoms with E-state index in [1.54, 1.807) is 12.5 Å². The number of aryl methyl sites for hydroxylation is 1. The van der Waals surface area contributed by atoms with E-state index in [1.165, 1.54) is 5.56 Å². The lowest BCUT2D eigenvalue weighted by Crippen LogP contribution is -2.12. The van der Waals surface area contributed by atoms with Crippen LogP contribution in [0.25, 0.3) is 33.4 Å². The minimum Gasteiger partial charge on any atom is -0.369 e. The Morgan fingerprint density at radius 1 is 0.969 bits per heavy atom. The zero-order valence-electron chi connectivity index (χ0n) is 17.9. The van der Waals surface area contributed by atoms with Gasteiger partial charge < -0.3 is 5.32 Å². The monoisotopic (exact) mass is 421 g/mol. The summed E-state index contributed by atoms with van der Waals surface area (Å²) < 4.78 is 0. The molecule has 0 bridgehead atoms. The van der Waals surface area contributed by atoms with Crippen molar-refractivity contribution in [3.63, 3.8) is 0 Å². The molecule has 7 nitrogen and oxygen atoms in total. The fraction of sp³-hybridized carbons (Fsp3) is 0.160. The van der Waals surface area contributed by atoms with Crippen LogP contribution < -0.4 is 5.32 Å². The fourth-order valence-electron chi connectivity index (χ4n) is 3.84. The van der Waals surface area contributed by atoms with Crippen LogP contribution in [-0.2, 0) is 0 Å². The van der Waals surface area contributed by atoms with Gasteiger partial charge in [-0.1, -0.05) is 25.1 Å². The lowest BCUT2D eigenvalue weighted by Gasteiger charge is -2.16. The zero-order valence-corrected chi connectivity index (χ0v) is 17.9. The van der Waals surface area contributed by atoms with Crippen LogP contribution in [0.4, 0.5) is 5.82 Å². The maximum Gasteiger partial charge on any atom is 0.129 e. The van der Waals surface area contributed by atoms with Crippen LogP contribution in [0, 0.1) is 6.92 Å². The normalized spacial score (nSPS) is 12.1. The summed E-state index contributed by atoms with van der Waals surface area (Å²) in [6.45, 7) is 4.88. The number of para-hydroxylation sites is 1. The van der Waals surface area contributed by atoms with Crippen LogP contribution in [0.2, 0.25) is 0 Å². The second kappa shape index (κ2) is 8.55. The maximum atomic E-state index is 4.69. The van der Waals surface area contributed by atoms with Crippen LogP contribution in [0.5, 0.6) is 0 Å². The van der Waals surface area contributed by atoms with Crippen molar-refractivity contribution in [2.24, 2.45) is 0 Å². The number of benzene rings is 1. The highest BCUT2D eigenvalue weighted by atomic mass is 15.1. The highest BCUT2D eigenvalue weighted by Crippen LogP contribution is 2.31. The molecule has 0 unspecified atom stereocenters. The Labute approximate surface area is 186 Å². The topological polar surface area (TPSA) is 92.3 Å². The van der Waals surface area contributed by atoms with Crippen LogP contribution in [0.1, 0.15) is 24.1 Å². The lowest BCUT2D eigenvalue weighted by atomic mass is 9.95. The quantitative estimate of drug-likeness (QED) is 0.401. The molecule has 0 saturated carbocycles. The van der Waals surface area contributed by atoms with Gasteiger partial charge in [0.1, 0.15) is 12.1 Å². The Hall–Kier alpha value is -4.13. The maximum absolute atomic E-state index is 4.69. The van der Waals surface area contributed by atoms with Gasteiger partial charge in [-0.25, -0.2) is 9.97 Å². The number of pyridine rings is 2. The Morgan fingerprint density at radius 3 is 2.72 bits per heavy atom. The summed E-state index contributed by atoms with van der Waals surface area (Å²) >= 11 is 0. The Bertz CT molecular complexity index is 1340. The summed E-state index contributed by atoms with van der Waals surface area (Å²) in [6.07, 6.45) is 7.04. The van der Waals surface area contributed by atoms with E-state index < -0.39 is 0 Å². The first kappa shape index (κ1) is 19.8. The van der Waals surface area contributed by atoms with Crippen molar-refractivity contribution in [2.75, 3.05) is 11.9 Å². The number of nitrogens with zero attached hydrogens (tertiary/aromatic N) is 5. The summed E-state index contributed by atoms with van der Waals surface area (Å²) in [4.78, 5) is 17.8. The second-order valence-electron chi connectivity index (χ2n) is 7.83. The third kappa shape index (κ3) is 3.92. The van der Waals surface area contributed by atoms with Gasteiger partial charge >= 0.3 is 0 Å². The summed E-state index contributed by atoms with van der Waals surface area (Å²) in [5.41, 5.74) is 7.07. The zero-order chi connectivity index (χ0) is 21.9. The van der Waals surface area contributed by atoms with Crippen molar-refractivity contribution in [1.82, 2.24) is 30.1 Å². The molecule has 0 radical (unpaired) electrons. The number of fused-ring (bicyclic) bond motifs is 1. The van der Waals surface area contributed by atoms with Crippen molar-refractivity contribution >= 4 is 16.7 Å². The minimum atomic E-state index is 0.225. The van der Waals surface area contributed by atoms with Crippen LogP contribution in [-0.4, -0.2) is 36.7 Å². The third-order valence-corrected chi connectivity index (χ3v) is 5.59. The molecule has 158 valence electrons. The Kier molecular flexibility index (Phi) is 5.29. The predicted molar refractivity (Wildman–Crippen MR) is 126 cm³/mol. The SMILES string of the molecule is Cc1ccc(-c2cc(NC[C@@H](C)c3cccc4c(-c5ccn[nH]5)ccnc34)ncn2)cn1. The molecule has 7 heteroatoms. The smallest absolute Gasteiger partial charge is 0.129 e. The highest BCUT2D eigenvalue weighted by Gasteiger charge is 2.14. The molecule has 2 N–H and O–H groups in total. The number of nitrogens with one attached hydrogen (secondary N) is 2. The van der Waals surface area contributed by atoms with Crippen LogP contribution in [0.15, 0.2) is 73.4 Å². The van der Waals surface area contributed by atoms with E-state index in [0.717, 1.165) is 51.5 Å². The number of anilines is 1. The molecule has 0 aliphatic carbocycles. The van der Waals surface area contributed by atoms with Gasteiger partial charge in [0, 0.05) is 59.3 Å². The van der Waals surface area contributed by atoms with Crippen molar-refractivity contribution in [3.8, 4) is 22.5 Å². The number of aromatic amines is 1. The molecule has 0 fully saturated rings. The summed E-state index contributed by atoms with van der Waals surface area (Å²) in [6, 6.07) is 16.3.